The standard InChI is InChI=1S/Cl3Se/c1-4(2)3. The zero-order valence-electron chi connectivity index (χ0n) is 1.54. The zero-order chi connectivity index (χ0) is 3.58. The summed E-state index contributed by atoms with van der Waals surface area (Å²) < 4.78 is 0. The van der Waals surface area contributed by atoms with Crippen LogP contribution in [0.5, 0.6) is 0 Å². The van der Waals surface area contributed by atoms with E-state index >= 15 is 0 Å². The summed E-state index contributed by atoms with van der Waals surface area (Å²) in [7, 11) is 14.8. The van der Waals surface area contributed by atoms with Gasteiger partial charge in [-0.05, 0) is 0 Å². The zero-order valence-corrected chi connectivity index (χ0v) is 5.52. The second-order valence-electron chi connectivity index (χ2n) is 0.175. The van der Waals surface area contributed by atoms with Crippen molar-refractivity contribution in [2.75, 3.05) is 0 Å². The van der Waals surface area contributed by atoms with E-state index in [2.05, 4.69) is 0 Å². The summed E-state index contributed by atoms with van der Waals surface area (Å²) in [4.78, 5) is 0. The van der Waals surface area contributed by atoms with Crippen molar-refractivity contribution in [3.8, 4) is 0 Å². The van der Waals surface area contributed by atoms with Gasteiger partial charge < -0.3 is 0 Å². The summed E-state index contributed by atoms with van der Waals surface area (Å²) in [6, 6.07) is 0. The average Bonchev–Trinajstić information content (AvgIpc) is 0.811. The monoisotopic (exact) mass is 185 g/mol. The Morgan fingerprint density at radius 2 is 1.00 bits per heavy atom. The molecule has 0 saturated heterocycles. The maximum atomic E-state index is 4.93. The van der Waals surface area contributed by atoms with Gasteiger partial charge in [-0.1, -0.05) is 0 Å². The maximum absolute atomic E-state index is 4.93. The Morgan fingerprint density at radius 3 is 1.00 bits per heavy atom. The second kappa shape index (κ2) is 2.62. The summed E-state index contributed by atoms with van der Waals surface area (Å²) in [6.45, 7) is 0. The molecular formula is Cl3Se. The fourth-order valence-corrected chi connectivity index (χ4v) is 0. The van der Waals surface area contributed by atoms with E-state index < -0.39 is 11.2 Å². The van der Waals surface area contributed by atoms with E-state index in [-0.39, 0.29) is 0 Å². The molecule has 4 heteroatoms. The van der Waals surface area contributed by atoms with Gasteiger partial charge in [0.25, 0.3) is 0 Å². The number of hydrogen-bond acceptors (Lipinski definition) is 0. The molecule has 4 heavy (non-hydrogen) atoms. The molecule has 0 nitrogen and oxygen atoms in total. The van der Waals surface area contributed by atoms with Crippen LogP contribution in [0.1, 0.15) is 0 Å². The molecule has 0 aliphatic carbocycles. The first-order valence-corrected chi connectivity index (χ1v) is 7.22. The molecule has 27 valence electrons. The van der Waals surface area contributed by atoms with Crippen LogP contribution in [-0.2, 0) is 0 Å². The fourth-order valence-electron chi connectivity index (χ4n) is 0. The number of hydrogen-bond donors (Lipinski definition) is 0. The molecule has 0 bridgehead atoms. The van der Waals surface area contributed by atoms with Crippen LogP contribution in [0.15, 0.2) is 0 Å². The van der Waals surface area contributed by atoms with Gasteiger partial charge >= 0.3 is 41.5 Å². The number of rotatable bonds is 0. The van der Waals surface area contributed by atoms with Gasteiger partial charge in [-0.2, -0.15) is 0 Å². The summed E-state index contributed by atoms with van der Waals surface area (Å²) in [6.07, 6.45) is 0. The first kappa shape index (κ1) is 5.39. The normalized spacial score (nSPS) is 9.00. The van der Waals surface area contributed by atoms with Crippen LogP contribution in [0.2, 0.25) is 0 Å². The first-order chi connectivity index (χ1) is 1.73. The summed E-state index contributed by atoms with van der Waals surface area (Å²) in [5, 5.41) is 0. The second-order valence-corrected chi connectivity index (χ2v) is 8.18. The molecule has 0 aromatic carbocycles. The van der Waals surface area contributed by atoms with Gasteiger partial charge in [-0.15, -0.1) is 0 Å². The van der Waals surface area contributed by atoms with Gasteiger partial charge in [0.05, 0.1) is 0 Å². The molecule has 0 fully saturated rings. The van der Waals surface area contributed by atoms with E-state index in [1.807, 2.05) is 0 Å². The Bertz CT molecular complexity index is 8.00. The van der Waals surface area contributed by atoms with Gasteiger partial charge in [0.1, 0.15) is 0 Å². The molecule has 0 spiro atoms. The van der Waals surface area contributed by atoms with Crippen molar-refractivity contribution in [2.45, 2.75) is 0 Å². The topological polar surface area (TPSA) is 0 Å². The summed E-state index contributed by atoms with van der Waals surface area (Å²) in [5.74, 6) is 0. The Hall–Kier alpha value is 1.39. The first-order valence-electron chi connectivity index (χ1n) is 0.463. The van der Waals surface area contributed by atoms with Crippen LogP contribution in [0.3, 0.4) is 0 Å². The van der Waals surface area contributed by atoms with Gasteiger partial charge in [0.2, 0.25) is 0 Å². The SMILES string of the molecule is Cl[Se](Cl)Cl. The third-order valence-electron chi connectivity index (χ3n) is 0. The average molecular weight is 185 g/mol. The van der Waals surface area contributed by atoms with E-state index in [1.165, 1.54) is 0 Å². The van der Waals surface area contributed by atoms with Gasteiger partial charge in [-0.25, -0.2) is 0 Å². The van der Waals surface area contributed by atoms with Crippen molar-refractivity contribution in [3.05, 3.63) is 0 Å². The van der Waals surface area contributed by atoms with Crippen molar-refractivity contribution in [2.24, 2.45) is 0 Å². The Morgan fingerprint density at radius 1 is 1.00 bits per heavy atom. The predicted octanol–water partition coefficient (Wildman–Crippen LogP) is 1.69. The van der Waals surface area contributed by atoms with Crippen molar-refractivity contribution in [3.63, 3.8) is 0 Å². The van der Waals surface area contributed by atoms with Crippen LogP contribution in [-0.4, -0.2) is 11.2 Å². The van der Waals surface area contributed by atoms with E-state index in [9.17, 15) is 0 Å². The molecule has 0 saturated carbocycles. The van der Waals surface area contributed by atoms with Crippen molar-refractivity contribution >= 4 is 41.5 Å². The molecule has 1 radical (unpaired) electrons. The molecule has 0 aliphatic rings. The molecule has 0 aliphatic heterocycles. The van der Waals surface area contributed by atoms with Crippen LogP contribution >= 0.6 is 30.3 Å². The molecule has 0 unspecified atom stereocenters. The van der Waals surface area contributed by atoms with Crippen molar-refractivity contribution < 1.29 is 0 Å². The van der Waals surface area contributed by atoms with Crippen LogP contribution in [0.25, 0.3) is 0 Å². The molecule has 0 heterocycles. The molecule has 0 aromatic heterocycles. The minimum absolute atomic E-state index is 1.62. The molecular weight excluding hydrogens is 185 g/mol. The van der Waals surface area contributed by atoms with Gasteiger partial charge in [0.15, 0.2) is 0 Å². The van der Waals surface area contributed by atoms with Crippen LogP contribution in [0, 0.1) is 0 Å². The van der Waals surface area contributed by atoms with Gasteiger partial charge in [-0.3, -0.25) is 0 Å². The summed E-state index contributed by atoms with van der Waals surface area (Å²) in [5.41, 5.74) is 0. The van der Waals surface area contributed by atoms with Crippen molar-refractivity contribution in [1.29, 1.82) is 0 Å². The predicted molar refractivity (Wildman–Crippen MR) is 23.3 cm³/mol. The third kappa shape index (κ3) is 10.0. The Kier molecular flexibility index (Phi) is 3.53. The van der Waals surface area contributed by atoms with Crippen LogP contribution in [0.4, 0.5) is 0 Å². The van der Waals surface area contributed by atoms with E-state index in [0.29, 0.717) is 0 Å². The van der Waals surface area contributed by atoms with Crippen LogP contribution < -0.4 is 0 Å². The van der Waals surface area contributed by atoms with E-state index in [4.69, 9.17) is 30.3 Å². The minimum atomic E-state index is -1.62. The van der Waals surface area contributed by atoms with Gasteiger partial charge in [0, 0.05) is 0 Å². The van der Waals surface area contributed by atoms with E-state index in [1.54, 1.807) is 0 Å². The van der Waals surface area contributed by atoms with E-state index in [0.717, 1.165) is 0 Å². The Balaban J connectivity index is 2.32. The number of halogens is 3. The van der Waals surface area contributed by atoms with Crippen molar-refractivity contribution in [1.82, 2.24) is 0 Å². The third-order valence-corrected chi connectivity index (χ3v) is 0. The molecule has 0 atom stereocenters. The summed E-state index contributed by atoms with van der Waals surface area (Å²) >= 11 is -1.62. The molecule has 0 amide bonds. The Labute approximate surface area is 41.6 Å². The molecule has 0 aromatic rings. The molecule has 0 N–H and O–H groups in total. The fraction of sp³-hybridized carbons (Fsp3) is 0. The quantitative estimate of drug-likeness (QED) is 0.504. The molecule has 0 rings (SSSR count).